The van der Waals surface area contributed by atoms with Crippen LogP contribution in [0.25, 0.3) is 0 Å². The van der Waals surface area contributed by atoms with Gasteiger partial charge in [0.1, 0.15) is 12.4 Å². The quantitative estimate of drug-likeness (QED) is 0.913. The van der Waals surface area contributed by atoms with Gasteiger partial charge in [0, 0.05) is 6.20 Å². The van der Waals surface area contributed by atoms with E-state index < -0.39 is 6.10 Å². The molecule has 1 atom stereocenters. The van der Waals surface area contributed by atoms with Gasteiger partial charge in [-0.15, -0.1) is 0 Å². The Bertz CT molecular complexity index is 586. The average Bonchev–Trinajstić information content (AvgIpc) is 3.16. The Kier molecular flexibility index (Phi) is 4.25. The summed E-state index contributed by atoms with van der Waals surface area (Å²) in [4.78, 5) is 0. The molecule has 2 aromatic rings. The highest BCUT2D eigenvalue weighted by Crippen LogP contribution is 2.28. The second-order valence-electron chi connectivity index (χ2n) is 5.76. The van der Waals surface area contributed by atoms with Crippen LogP contribution in [-0.2, 0) is 6.61 Å². The van der Waals surface area contributed by atoms with Gasteiger partial charge in [-0.2, -0.15) is 5.10 Å². The van der Waals surface area contributed by atoms with E-state index in [-0.39, 0.29) is 0 Å². The van der Waals surface area contributed by atoms with Gasteiger partial charge in [-0.25, -0.2) is 0 Å². The summed E-state index contributed by atoms with van der Waals surface area (Å²) in [7, 11) is 0. The molecule has 0 aliphatic heterocycles. The van der Waals surface area contributed by atoms with Gasteiger partial charge < -0.3 is 9.84 Å². The minimum Gasteiger partial charge on any atom is -0.487 e. The van der Waals surface area contributed by atoms with Crippen molar-refractivity contribution in [3.05, 3.63) is 47.8 Å². The number of benzene rings is 1. The summed E-state index contributed by atoms with van der Waals surface area (Å²) < 4.78 is 7.85. The van der Waals surface area contributed by atoms with Crippen LogP contribution in [0.4, 0.5) is 0 Å². The third-order valence-electron chi connectivity index (χ3n) is 4.09. The van der Waals surface area contributed by atoms with Gasteiger partial charge in [0.15, 0.2) is 0 Å². The Hall–Kier alpha value is -1.81. The summed E-state index contributed by atoms with van der Waals surface area (Å²) in [5.41, 5.74) is 1.81. The normalized spacial score (nSPS) is 17.0. The van der Waals surface area contributed by atoms with E-state index >= 15 is 0 Å². The monoisotopic (exact) mass is 286 g/mol. The number of hydrogen-bond acceptors (Lipinski definition) is 3. The lowest BCUT2D eigenvalue weighted by molar-refractivity contribution is 0.198. The first-order valence-corrected chi connectivity index (χ1v) is 7.67. The van der Waals surface area contributed by atoms with Gasteiger partial charge in [-0.1, -0.05) is 25.0 Å². The second kappa shape index (κ2) is 6.31. The summed E-state index contributed by atoms with van der Waals surface area (Å²) in [5.74, 6) is 0.767. The van der Waals surface area contributed by atoms with Crippen molar-refractivity contribution in [3.8, 4) is 5.75 Å². The minimum atomic E-state index is -0.477. The molecule has 3 rings (SSSR count). The fourth-order valence-electron chi connectivity index (χ4n) is 2.85. The molecule has 1 saturated carbocycles. The summed E-state index contributed by atoms with van der Waals surface area (Å²) in [6, 6.07) is 10.2. The highest BCUT2D eigenvalue weighted by Gasteiger charge is 2.17. The number of nitrogens with zero attached hydrogens (tertiary/aromatic N) is 2. The summed E-state index contributed by atoms with van der Waals surface area (Å²) in [5, 5.41) is 14.2. The lowest BCUT2D eigenvalue weighted by atomic mass is 10.1. The molecule has 1 aliphatic rings. The van der Waals surface area contributed by atoms with Crippen molar-refractivity contribution in [2.45, 2.75) is 51.4 Å². The van der Waals surface area contributed by atoms with E-state index in [2.05, 4.69) is 16.0 Å². The summed E-state index contributed by atoms with van der Waals surface area (Å²) in [6.07, 6.45) is 6.66. The van der Waals surface area contributed by atoms with Crippen molar-refractivity contribution >= 4 is 0 Å². The zero-order chi connectivity index (χ0) is 14.7. The van der Waals surface area contributed by atoms with Crippen molar-refractivity contribution in [1.82, 2.24) is 9.78 Å². The summed E-state index contributed by atoms with van der Waals surface area (Å²) in [6.45, 7) is 2.21. The highest BCUT2D eigenvalue weighted by atomic mass is 16.5. The predicted octanol–water partition coefficient (Wildman–Crippen LogP) is 3.63. The van der Waals surface area contributed by atoms with Gasteiger partial charge in [0.25, 0.3) is 0 Å². The van der Waals surface area contributed by atoms with E-state index in [0.29, 0.717) is 12.6 Å². The topological polar surface area (TPSA) is 47.3 Å². The van der Waals surface area contributed by atoms with Crippen LogP contribution in [0.2, 0.25) is 0 Å². The second-order valence-corrected chi connectivity index (χ2v) is 5.76. The van der Waals surface area contributed by atoms with Gasteiger partial charge in [0.05, 0.1) is 17.8 Å². The summed E-state index contributed by atoms with van der Waals surface area (Å²) >= 11 is 0. The van der Waals surface area contributed by atoms with Crippen molar-refractivity contribution in [3.63, 3.8) is 0 Å². The maximum atomic E-state index is 9.59. The van der Waals surface area contributed by atoms with Crippen LogP contribution in [0.1, 0.15) is 56.0 Å². The first-order valence-electron chi connectivity index (χ1n) is 7.67. The van der Waals surface area contributed by atoms with Crippen molar-refractivity contribution < 1.29 is 9.84 Å². The molecule has 1 aromatic heterocycles. The van der Waals surface area contributed by atoms with Crippen LogP contribution in [0, 0.1) is 0 Å². The van der Waals surface area contributed by atoms with E-state index in [0.717, 1.165) is 17.0 Å². The number of aliphatic hydroxyl groups excluding tert-OH is 1. The van der Waals surface area contributed by atoms with E-state index in [1.165, 1.54) is 25.7 Å². The standard InChI is InChI=1S/C17H22N2O2/c1-13(20)14-5-4-8-17(11-14)21-12-15-9-10-19(18-15)16-6-2-3-7-16/h4-5,8-11,13,16,20H,2-3,6-7,12H2,1H3/t13-/m0/s1. The number of aliphatic hydroxyl groups is 1. The molecule has 1 fully saturated rings. The molecule has 1 aromatic carbocycles. The third-order valence-corrected chi connectivity index (χ3v) is 4.09. The molecule has 4 heteroatoms. The van der Waals surface area contributed by atoms with Gasteiger partial charge in [-0.05, 0) is 43.5 Å². The molecule has 0 saturated heterocycles. The molecule has 1 aliphatic carbocycles. The Morgan fingerprint density at radius 2 is 2.14 bits per heavy atom. The Labute approximate surface area is 125 Å². The van der Waals surface area contributed by atoms with Crippen LogP contribution >= 0.6 is 0 Å². The van der Waals surface area contributed by atoms with Crippen LogP contribution in [0.3, 0.4) is 0 Å². The predicted molar refractivity (Wildman–Crippen MR) is 81.1 cm³/mol. The van der Waals surface area contributed by atoms with Gasteiger partial charge in [0.2, 0.25) is 0 Å². The zero-order valence-corrected chi connectivity index (χ0v) is 12.4. The molecule has 4 nitrogen and oxygen atoms in total. The largest absolute Gasteiger partial charge is 0.487 e. The van der Waals surface area contributed by atoms with Crippen molar-refractivity contribution in [2.75, 3.05) is 0 Å². The third kappa shape index (κ3) is 3.45. The number of aromatic nitrogens is 2. The molecule has 21 heavy (non-hydrogen) atoms. The average molecular weight is 286 g/mol. The van der Waals surface area contributed by atoms with E-state index in [1.807, 2.05) is 30.3 Å². The Morgan fingerprint density at radius 1 is 1.33 bits per heavy atom. The molecule has 0 amide bonds. The molecule has 1 heterocycles. The number of rotatable bonds is 5. The highest BCUT2D eigenvalue weighted by molar-refractivity contribution is 5.29. The first-order chi connectivity index (χ1) is 10.2. The maximum Gasteiger partial charge on any atom is 0.132 e. The molecular formula is C17H22N2O2. The minimum absolute atomic E-state index is 0.461. The lowest BCUT2D eigenvalue weighted by Gasteiger charge is -2.10. The first kappa shape index (κ1) is 14.1. The van der Waals surface area contributed by atoms with Crippen molar-refractivity contribution in [2.24, 2.45) is 0 Å². The molecule has 112 valence electrons. The van der Waals surface area contributed by atoms with Crippen LogP contribution in [0.15, 0.2) is 36.5 Å². The lowest BCUT2D eigenvalue weighted by Crippen LogP contribution is -2.06. The molecule has 0 unspecified atom stereocenters. The molecule has 1 N–H and O–H groups in total. The Balaban J connectivity index is 1.61. The zero-order valence-electron chi connectivity index (χ0n) is 12.4. The van der Waals surface area contributed by atoms with Crippen LogP contribution < -0.4 is 4.74 Å². The smallest absolute Gasteiger partial charge is 0.132 e. The van der Waals surface area contributed by atoms with Crippen molar-refractivity contribution in [1.29, 1.82) is 0 Å². The fourth-order valence-corrected chi connectivity index (χ4v) is 2.85. The number of ether oxygens (including phenoxy) is 1. The van der Waals surface area contributed by atoms with Crippen LogP contribution in [0.5, 0.6) is 5.75 Å². The fraction of sp³-hybridized carbons (Fsp3) is 0.471. The van der Waals surface area contributed by atoms with Gasteiger partial charge >= 0.3 is 0 Å². The maximum absolute atomic E-state index is 9.59. The SMILES string of the molecule is C[C@H](O)c1cccc(OCc2ccn(C3CCCC3)n2)c1. The van der Waals surface area contributed by atoms with E-state index in [4.69, 9.17) is 4.74 Å². The molecule has 0 spiro atoms. The molecule has 0 bridgehead atoms. The van der Waals surface area contributed by atoms with Crippen LogP contribution in [-0.4, -0.2) is 14.9 Å². The Morgan fingerprint density at radius 3 is 2.90 bits per heavy atom. The van der Waals surface area contributed by atoms with Gasteiger partial charge in [-0.3, -0.25) is 4.68 Å². The molecule has 0 radical (unpaired) electrons. The molecular weight excluding hydrogens is 264 g/mol. The van der Waals surface area contributed by atoms with E-state index in [9.17, 15) is 5.11 Å². The van der Waals surface area contributed by atoms with E-state index in [1.54, 1.807) is 6.92 Å². The number of hydrogen-bond donors (Lipinski definition) is 1.